The second-order valence-electron chi connectivity index (χ2n) is 8.70. The van der Waals surface area contributed by atoms with E-state index in [9.17, 15) is 45.0 Å². The number of sulfone groups is 2. The van der Waals surface area contributed by atoms with E-state index < -0.39 is 71.1 Å². The Labute approximate surface area is 356 Å². The van der Waals surface area contributed by atoms with Crippen molar-refractivity contribution in [2.24, 2.45) is 20.5 Å². The topological polar surface area (TPSA) is 327 Å². The van der Waals surface area contributed by atoms with E-state index in [2.05, 4.69) is 34.0 Å². The molecule has 0 spiro atoms. The van der Waals surface area contributed by atoms with Gasteiger partial charge in [-0.1, -0.05) is 0 Å². The Kier molecular flexibility index (Phi) is 21.7. The van der Waals surface area contributed by atoms with E-state index in [1.165, 1.54) is 36.4 Å². The van der Waals surface area contributed by atoms with Gasteiger partial charge in [0.2, 0.25) is 10.4 Å². The second-order valence-corrected chi connectivity index (χ2v) is 14.5. The summed E-state index contributed by atoms with van der Waals surface area (Å²) in [6, 6.07) is 10.7. The number of carbonyl (C=O) groups excluding carboxylic acids is 1. The maximum absolute atomic E-state index is 12.4. The summed E-state index contributed by atoms with van der Waals surface area (Å²) in [6.45, 7) is -1.22. The smallest absolute Gasteiger partial charge is 0.726 e. The van der Waals surface area contributed by atoms with Crippen molar-refractivity contribution in [2.75, 3.05) is 36.2 Å². The first-order valence-corrected chi connectivity index (χ1v) is 17.6. The summed E-state index contributed by atoms with van der Waals surface area (Å²) in [6.07, 6.45) is 0. The van der Waals surface area contributed by atoms with E-state index in [0.717, 1.165) is 18.2 Å². The van der Waals surface area contributed by atoms with Gasteiger partial charge in [-0.3, -0.25) is 13.4 Å². The first kappa shape index (κ1) is 48.9. The summed E-state index contributed by atoms with van der Waals surface area (Å²) in [7, 11) is -12.9. The van der Waals surface area contributed by atoms with Crippen LogP contribution in [0.4, 0.5) is 34.1 Å². The zero-order chi connectivity index (χ0) is 34.8. The number of benzene rings is 3. The molecular weight excluding hydrogens is 782 g/mol. The molecule has 3 aromatic rings. The summed E-state index contributed by atoms with van der Waals surface area (Å²) in [5.41, 5.74) is 10.0. The van der Waals surface area contributed by atoms with Gasteiger partial charge in [0.15, 0.2) is 32.0 Å². The zero-order valence-electron chi connectivity index (χ0n) is 26.3. The number of nitrogens with two attached hydrogens (primary N) is 2. The Morgan fingerprint density at radius 1 is 0.720 bits per heavy atom. The summed E-state index contributed by atoms with van der Waals surface area (Å²) < 4.78 is 93.5. The molecule has 0 saturated heterocycles. The van der Waals surface area contributed by atoms with Gasteiger partial charge < -0.3 is 31.2 Å². The monoisotopic (exact) mass is 802 g/mol. The van der Waals surface area contributed by atoms with Gasteiger partial charge in [-0.2, -0.15) is 10.2 Å². The van der Waals surface area contributed by atoms with Gasteiger partial charge in [0.05, 0.1) is 68.8 Å². The molecule has 0 heterocycles. The molecule has 0 aromatic heterocycles. The van der Waals surface area contributed by atoms with Crippen molar-refractivity contribution in [1.29, 1.82) is 0 Å². The van der Waals surface area contributed by atoms with Crippen molar-refractivity contribution >= 4 is 82.5 Å². The second kappa shape index (κ2) is 22.2. The van der Waals surface area contributed by atoms with E-state index in [1.54, 1.807) is 0 Å². The predicted octanol–water partition coefficient (Wildman–Crippen LogP) is -8.12. The van der Waals surface area contributed by atoms with Crippen LogP contribution in [-0.2, 0) is 47.8 Å². The Morgan fingerprint density at radius 2 is 1.14 bits per heavy atom. The molecular formula is C23H21N6Na3O14S4. The van der Waals surface area contributed by atoms with Crippen molar-refractivity contribution in [3.8, 4) is 0 Å². The summed E-state index contributed by atoms with van der Waals surface area (Å²) in [4.78, 5) is 11.7. The van der Waals surface area contributed by atoms with Gasteiger partial charge in [-0.25, -0.2) is 25.3 Å². The number of hydrogen-bond acceptors (Lipinski definition) is 21. The molecule has 0 fully saturated rings. The van der Waals surface area contributed by atoms with Crippen LogP contribution in [0.1, 0.15) is 10.4 Å². The minimum atomic E-state index is -5.07. The van der Waals surface area contributed by atoms with Crippen LogP contribution in [0, 0.1) is 0 Å². The van der Waals surface area contributed by atoms with Crippen LogP contribution in [0.25, 0.3) is 0 Å². The standard InChI is InChI=1S/C23H24N6O14S4.3Na/c24-18-13-19(25)22(29-27-15-3-7-17(8-4-15)46(35,36)12-10-41-47(37,38)39)20(23(30)31)21(18)28-26-14-1-5-16(6-2-14)45(33,34)11-9-40-44-43-42-32;;;/h1-8,13,32H,9-12,24-25H2,(H,30,31)(H,37,38,39);;;/q;3*+1/p-3. The summed E-state index contributed by atoms with van der Waals surface area (Å²) in [5, 5.41) is 40.3. The van der Waals surface area contributed by atoms with E-state index in [-0.39, 0.29) is 140 Å². The number of carboxylic acid groups (broad SMARTS) is 1. The van der Waals surface area contributed by atoms with Crippen LogP contribution in [0.15, 0.2) is 84.8 Å². The Balaban J connectivity index is 0.00000800. The minimum absolute atomic E-state index is 0. The Morgan fingerprint density at radius 3 is 1.52 bits per heavy atom. The first-order chi connectivity index (χ1) is 22.0. The molecule has 0 saturated carbocycles. The molecule has 27 heteroatoms. The number of carboxylic acids is 1. The summed E-state index contributed by atoms with van der Waals surface area (Å²) >= 11 is 0.159. The number of aromatic carboxylic acids is 1. The molecule has 0 aliphatic heterocycles. The molecule has 0 bridgehead atoms. The van der Waals surface area contributed by atoms with Crippen molar-refractivity contribution in [1.82, 2.24) is 0 Å². The number of anilines is 2. The third-order valence-electron chi connectivity index (χ3n) is 5.58. The van der Waals surface area contributed by atoms with Crippen LogP contribution < -0.4 is 111 Å². The largest absolute Gasteiger partial charge is 1.00 e. The fraction of sp³-hybridized carbons (Fsp3) is 0.174. The number of azo groups is 2. The van der Waals surface area contributed by atoms with Gasteiger partial charge in [-0.15, -0.1) is 14.6 Å². The third-order valence-corrected chi connectivity index (χ3v) is 9.80. The van der Waals surface area contributed by atoms with Gasteiger partial charge in [0.1, 0.15) is 11.4 Å². The summed E-state index contributed by atoms with van der Waals surface area (Å²) in [5.74, 6) is -3.07. The van der Waals surface area contributed by atoms with Crippen molar-refractivity contribution < 1.29 is 151 Å². The zero-order valence-corrected chi connectivity index (χ0v) is 35.6. The molecule has 50 heavy (non-hydrogen) atoms. The molecule has 0 atom stereocenters. The molecule has 0 radical (unpaired) electrons. The third kappa shape index (κ3) is 15.1. The van der Waals surface area contributed by atoms with Gasteiger partial charge >= 0.3 is 88.7 Å². The van der Waals surface area contributed by atoms with Crippen molar-refractivity contribution in [3.63, 3.8) is 0 Å². The molecule has 4 N–H and O–H groups in total. The molecule has 254 valence electrons. The van der Waals surface area contributed by atoms with Crippen LogP contribution in [0.3, 0.4) is 0 Å². The van der Waals surface area contributed by atoms with Gasteiger partial charge in [0.25, 0.3) is 0 Å². The number of hydrogen-bond donors (Lipinski definition) is 2. The fourth-order valence-electron chi connectivity index (χ4n) is 3.46. The average molecular weight is 803 g/mol. The maximum atomic E-state index is 12.4. The molecule has 3 aromatic carbocycles. The first-order valence-electron chi connectivity index (χ1n) is 12.3. The molecule has 0 amide bonds. The predicted molar refractivity (Wildman–Crippen MR) is 156 cm³/mol. The molecule has 0 unspecified atom stereocenters. The van der Waals surface area contributed by atoms with E-state index in [1.807, 2.05) is 0 Å². The van der Waals surface area contributed by atoms with Crippen molar-refractivity contribution in [3.05, 3.63) is 60.2 Å². The molecule has 3 rings (SSSR count). The van der Waals surface area contributed by atoms with Crippen molar-refractivity contribution in [2.45, 2.75) is 9.79 Å². The quantitative estimate of drug-likeness (QED) is 0.0147. The average Bonchev–Trinajstić information content (AvgIpc) is 2.99. The normalized spacial score (nSPS) is 11.9. The number of nitrogen functional groups attached to an aromatic ring is 2. The van der Waals surface area contributed by atoms with E-state index >= 15 is 0 Å². The Bertz CT molecular complexity index is 1990. The molecule has 20 nitrogen and oxygen atoms in total. The number of carbonyl (C=O) groups is 1. The fourth-order valence-corrected chi connectivity index (χ4v) is 6.35. The maximum Gasteiger partial charge on any atom is 1.00 e. The van der Waals surface area contributed by atoms with Crippen LogP contribution >= 0.6 is 12.3 Å². The van der Waals surface area contributed by atoms with Crippen LogP contribution in [0.2, 0.25) is 0 Å². The molecule has 0 aliphatic rings. The Hall–Kier alpha value is -1.11. The minimum Gasteiger partial charge on any atom is -0.726 e. The van der Waals surface area contributed by atoms with Gasteiger partial charge in [-0.05, 0) is 54.6 Å². The van der Waals surface area contributed by atoms with Gasteiger partial charge in [0, 0.05) is 0 Å². The SMILES string of the molecule is Nc1cc(N)c(N=Nc2ccc(S(=O)(=O)CCOS(=O)(=O)[O-])cc2)c(C(=O)[O-])c1N=Nc1ccc(S(=O)(=O)CCOSOO[O-])cc1.[Na+].[Na+].[Na+]. The number of rotatable bonds is 17. The molecule has 0 aliphatic carbocycles. The van der Waals surface area contributed by atoms with Crippen LogP contribution in [0.5, 0.6) is 0 Å². The van der Waals surface area contributed by atoms with Crippen LogP contribution in [-0.4, -0.2) is 60.5 Å². The van der Waals surface area contributed by atoms with E-state index in [0.29, 0.717) is 0 Å². The number of nitrogens with zero attached hydrogens (tertiary/aromatic N) is 4. The van der Waals surface area contributed by atoms with E-state index in [4.69, 9.17) is 15.7 Å².